The number of nitrogens with two attached hydrogens (primary N) is 1. The molecule has 0 spiro atoms. The molecule has 1 atom stereocenters. The Bertz CT molecular complexity index is 496. The third kappa shape index (κ3) is 3.11. The molecule has 1 amide bonds. The molecule has 1 saturated heterocycles. The number of carbonyl (C=O) groups excluding carboxylic acids is 1. The lowest BCUT2D eigenvalue weighted by Crippen LogP contribution is -2.48. The maximum Gasteiger partial charge on any atom is 0.256 e. The lowest BCUT2D eigenvalue weighted by molar-refractivity contribution is -0.134. The van der Waals surface area contributed by atoms with Crippen LogP contribution in [-0.4, -0.2) is 31.7 Å². The van der Waals surface area contributed by atoms with Gasteiger partial charge in [0.2, 0.25) is 0 Å². The van der Waals surface area contributed by atoms with E-state index >= 15 is 0 Å². The topological polar surface area (TPSA) is 79.3 Å². The van der Waals surface area contributed by atoms with Crippen molar-refractivity contribution in [3.05, 3.63) is 29.8 Å². The Labute approximate surface area is 112 Å². The molecule has 0 radical (unpaired) electrons. The second-order valence-corrected chi connectivity index (χ2v) is 4.44. The van der Waals surface area contributed by atoms with Crippen molar-refractivity contribution in [2.75, 3.05) is 24.6 Å². The molecule has 19 heavy (non-hydrogen) atoms. The van der Waals surface area contributed by atoms with Crippen molar-refractivity contribution in [2.45, 2.75) is 18.9 Å². The summed E-state index contributed by atoms with van der Waals surface area (Å²) in [5.41, 5.74) is 6.76. The van der Waals surface area contributed by atoms with Crippen molar-refractivity contribution in [1.82, 2.24) is 0 Å². The molecule has 1 aliphatic rings. The summed E-state index contributed by atoms with van der Waals surface area (Å²) in [5, 5.41) is 8.90. The second kappa shape index (κ2) is 6.32. The molecule has 100 valence electrons. The Balaban J connectivity index is 2.14. The fraction of sp³-hybridized carbons (Fsp3) is 0.429. The maximum absolute atomic E-state index is 12.3. The first kappa shape index (κ1) is 13.5. The van der Waals surface area contributed by atoms with E-state index in [4.69, 9.17) is 15.7 Å². The Morgan fingerprint density at radius 3 is 3.11 bits per heavy atom. The summed E-state index contributed by atoms with van der Waals surface area (Å²) in [7, 11) is 0. The number of carbonyl (C=O) groups is 1. The Morgan fingerprint density at radius 2 is 2.37 bits per heavy atom. The van der Waals surface area contributed by atoms with E-state index in [-0.39, 0.29) is 5.91 Å². The van der Waals surface area contributed by atoms with E-state index in [1.165, 1.54) is 0 Å². The number of nitriles is 1. The van der Waals surface area contributed by atoms with Crippen LogP contribution >= 0.6 is 0 Å². The van der Waals surface area contributed by atoms with Crippen molar-refractivity contribution >= 4 is 11.6 Å². The van der Waals surface area contributed by atoms with Crippen molar-refractivity contribution in [2.24, 2.45) is 5.73 Å². The van der Waals surface area contributed by atoms with Crippen molar-refractivity contribution < 1.29 is 9.53 Å². The lowest BCUT2D eigenvalue weighted by Gasteiger charge is -2.32. The molecule has 1 aromatic carbocycles. The third-order valence-corrected chi connectivity index (χ3v) is 3.13. The van der Waals surface area contributed by atoms with Crippen LogP contribution in [0.2, 0.25) is 0 Å². The van der Waals surface area contributed by atoms with Crippen LogP contribution in [-0.2, 0) is 9.53 Å². The molecule has 1 heterocycles. The van der Waals surface area contributed by atoms with E-state index in [1.54, 1.807) is 23.1 Å². The number of nitrogens with zero attached hydrogens (tertiary/aromatic N) is 2. The molecule has 5 heteroatoms. The van der Waals surface area contributed by atoms with Crippen LogP contribution < -0.4 is 10.6 Å². The number of anilines is 1. The van der Waals surface area contributed by atoms with Gasteiger partial charge in [-0.1, -0.05) is 6.07 Å². The first-order valence-electron chi connectivity index (χ1n) is 6.39. The van der Waals surface area contributed by atoms with E-state index in [0.717, 1.165) is 12.1 Å². The summed E-state index contributed by atoms with van der Waals surface area (Å²) in [6.45, 7) is 1.58. The van der Waals surface area contributed by atoms with Crippen molar-refractivity contribution in [3.63, 3.8) is 0 Å². The number of rotatable bonds is 4. The van der Waals surface area contributed by atoms with E-state index in [1.807, 2.05) is 6.07 Å². The maximum atomic E-state index is 12.3. The van der Waals surface area contributed by atoms with Crippen LogP contribution in [0.15, 0.2) is 24.3 Å². The highest BCUT2D eigenvalue weighted by molar-refractivity contribution is 5.97. The molecule has 1 aliphatic heterocycles. The van der Waals surface area contributed by atoms with Gasteiger partial charge in [-0.25, -0.2) is 0 Å². The summed E-state index contributed by atoms with van der Waals surface area (Å²) in [5.74, 6) is -0.0465. The van der Waals surface area contributed by atoms with Gasteiger partial charge in [0, 0.05) is 12.2 Å². The third-order valence-electron chi connectivity index (χ3n) is 3.13. The Kier molecular flexibility index (Phi) is 4.50. The zero-order valence-corrected chi connectivity index (χ0v) is 10.7. The highest BCUT2D eigenvalue weighted by atomic mass is 16.5. The van der Waals surface area contributed by atoms with Gasteiger partial charge in [0.1, 0.15) is 6.10 Å². The van der Waals surface area contributed by atoms with Gasteiger partial charge in [-0.3, -0.25) is 4.79 Å². The molecule has 0 aliphatic carbocycles. The first-order valence-corrected chi connectivity index (χ1v) is 6.39. The molecule has 1 unspecified atom stereocenters. The number of benzene rings is 1. The van der Waals surface area contributed by atoms with Crippen LogP contribution in [0.5, 0.6) is 0 Å². The molecule has 1 fully saturated rings. The van der Waals surface area contributed by atoms with Gasteiger partial charge in [0.05, 0.1) is 18.2 Å². The highest BCUT2D eigenvalue weighted by Gasteiger charge is 2.29. The molecule has 2 rings (SSSR count). The predicted octanol–water partition coefficient (Wildman–Crippen LogP) is 1.03. The predicted molar refractivity (Wildman–Crippen MR) is 71.5 cm³/mol. The van der Waals surface area contributed by atoms with Gasteiger partial charge in [-0.05, 0) is 37.6 Å². The molecule has 0 aromatic heterocycles. The number of hydrogen-bond donors (Lipinski definition) is 1. The van der Waals surface area contributed by atoms with Gasteiger partial charge >= 0.3 is 0 Å². The quantitative estimate of drug-likeness (QED) is 0.875. The number of ether oxygens (including phenoxy) is 1. The largest absolute Gasteiger partial charge is 0.367 e. The number of hydrogen-bond acceptors (Lipinski definition) is 4. The van der Waals surface area contributed by atoms with Crippen molar-refractivity contribution in [3.8, 4) is 6.07 Å². The molecular formula is C14H17N3O2. The van der Waals surface area contributed by atoms with Gasteiger partial charge < -0.3 is 15.4 Å². The average molecular weight is 259 g/mol. The van der Waals surface area contributed by atoms with Crippen LogP contribution in [0.1, 0.15) is 18.4 Å². The summed E-state index contributed by atoms with van der Waals surface area (Å²) >= 11 is 0. The summed E-state index contributed by atoms with van der Waals surface area (Å²) < 4.78 is 5.49. The minimum Gasteiger partial charge on any atom is -0.367 e. The SMILES string of the molecule is N#Cc1cccc(N2CCOC(CCCN)C2=O)c1. The van der Waals surface area contributed by atoms with Gasteiger partial charge in [-0.2, -0.15) is 5.26 Å². The molecule has 0 saturated carbocycles. The van der Waals surface area contributed by atoms with Crippen LogP contribution in [0, 0.1) is 11.3 Å². The standard InChI is InChI=1S/C14H17N3O2/c15-6-2-5-13-14(18)17(7-8-19-13)12-4-1-3-11(9-12)10-16/h1,3-4,9,13H,2,5-8,15H2. The summed E-state index contributed by atoms with van der Waals surface area (Å²) in [6, 6.07) is 9.15. The average Bonchev–Trinajstić information content (AvgIpc) is 2.46. The minimum absolute atomic E-state index is 0.0465. The zero-order valence-electron chi connectivity index (χ0n) is 10.7. The van der Waals surface area contributed by atoms with Gasteiger partial charge in [0.25, 0.3) is 5.91 Å². The summed E-state index contributed by atoms with van der Waals surface area (Å²) in [4.78, 5) is 14.0. The van der Waals surface area contributed by atoms with Crippen LogP contribution in [0.3, 0.4) is 0 Å². The second-order valence-electron chi connectivity index (χ2n) is 4.44. The zero-order chi connectivity index (χ0) is 13.7. The van der Waals surface area contributed by atoms with Crippen LogP contribution in [0.4, 0.5) is 5.69 Å². The molecular weight excluding hydrogens is 242 g/mol. The minimum atomic E-state index is -0.414. The molecule has 5 nitrogen and oxygen atoms in total. The fourth-order valence-electron chi connectivity index (χ4n) is 2.15. The number of morpholine rings is 1. The monoisotopic (exact) mass is 259 g/mol. The Morgan fingerprint density at radius 1 is 1.53 bits per heavy atom. The lowest BCUT2D eigenvalue weighted by atomic mass is 10.1. The smallest absolute Gasteiger partial charge is 0.256 e. The van der Waals surface area contributed by atoms with E-state index in [9.17, 15) is 4.79 Å². The Hall–Kier alpha value is -1.90. The van der Waals surface area contributed by atoms with E-state index in [0.29, 0.717) is 31.7 Å². The van der Waals surface area contributed by atoms with Crippen molar-refractivity contribution in [1.29, 1.82) is 5.26 Å². The highest BCUT2D eigenvalue weighted by Crippen LogP contribution is 2.21. The molecule has 0 bridgehead atoms. The van der Waals surface area contributed by atoms with Gasteiger partial charge in [-0.15, -0.1) is 0 Å². The fourth-order valence-corrected chi connectivity index (χ4v) is 2.15. The van der Waals surface area contributed by atoms with Crippen LogP contribution in [0.25, 0.3) is 0 Å². The van der Waals surface area contributed by atoms with E-state index in [2.05, 4.69) is 6.07 Å². The number of amides is 1. The summed E-state index contributed by atoms with van der Waals surface area (Å²) in [6.07, 6.45) is 0.995. The van der Waals surface area contributed by atoms with Gasteiger partial charge in [0.15, 0.2) is 0 Å². The normalized spacial score (nSPS) is 19.3. The molecule has 2 N–H and O–H groups in total. The van der Waals surface area contributed by atoms with E-state index < -0.39 is 6.10 Å². The first-order chi connectivity index (χ1) is 9.26. The molecule has 1 aromatic rings.